The summed E-state index contributed by atoms with van der Waals surface area (Å²) in [7, 11) is -2.46. The Morgan fingerprint density at radius 1 is 0.698 bits per heavy atom. The van der Waals surface area contributed by atoms with Gasteiger partial charge in [0.25, 0.3) is 5.91 Å². The molecule has 0 bridgehead atoms. The van der Waals surface area contributed by atoms with Crippen LogP contribution in [0.2, 0.25) is 0 Å². The summed E-state index contributed by atoms with van der Waals surface area (Å²) in [6.07, 6.45) is 1.34. The fourth-order valence-electron chi connectivity index (χ4n) is 4.92. The Morgan fingerprint density at radius 3 is 1.58 bits per heavy atom. The predicted molar refractivity (Wildman–Crippen MR) is 166 cm³/mol. The second-order valence-corrected chi connectivity index (χ2v) is 11.4. The molecule has 9 heteroatoms. The number of thiol groups is 1. The SMILES string of the molecule is O=C(NC1CCN(C[SH](=O)=O)CC1)c1cc(OCc2ccccc2)c(OCc2ccccc2)c(OCc2ccccc2)c1. The van der Waals surface area contributed by atoms with Gasteiger partial charge in [-0.25, -0.2) is 8.42 Å². The molecular weight excluding hydrogens is 564 g/mol. The van der Waals surface area contributed by atoms with Crippen molar-refractivity contribution in [1.82, 2.24) is 10.2 Å². The Hall–Kier alpha value is -4.34. The maximum absolute atomic E-state index is 13.5. The largest absolute Gasteiger partial charge is 0.485 e. The van der Waals surface area contributed by atoms with Crippen LogP contribution in [-0.2, 0) is 30.5 Å². The molecule has 4 aromatic carbocycles. The minimum Gasteiger partial charge on any atom is -0.485 e. The van der Waals surface area contributed by atoms with Gasteiger partial charge < -0.3 is 19.5 Å². The zero-order chi connectivity index (χ0) is 29.9. The second-order valence-electron chi connectivity index (χ2n) is 10.5. The smallest absolute Gasteiger partial charge is 0.251 e. The number of benzene rings is 4. The highest BCUT2D eigenvalue weighted by molar-refractivity contribution is 7.72. The van der Waals surface area contributed by atoms with E-state index >= 15 is 0 Å². The van der Waals surface area contributed by atoms with Crippen LogP contribution in [0.15, 0.2) is 103 Å². The van der Waals surface area contributed by atoms with Gasteiger partial charge in [0.15, 0.2) is 22.2 Å². The summed E-state index contributed by atoms with van der Waals surface area (Å²) in [5.41, 5.74) is 3.33. The van der Waals surface area contributed by atoms with Crippen LogP contribution in [-0.4, -0.2) is 44.2 Å². The number of piperidine rings is 1. The molecule has 224 valence electrons. The minimum absolute atomic E-state index is 0.0463. The van der Waals surface area contributed by atoms with Gasteiger partial charge in [0.1, 0.15) is 19.8 Å². The van der Waals surface area contributed by atoms with Gasteiger partial charge in [-0.2, -0.15) is 0 Å². The summed E-state index contributed by atoms with van der Waals surface area (Å²) in [4.78, 5) is 15.4. The highest BCUT2D eigenvalue weighted by atomic mass is 32.2. The van der Waals surface area contributed by atoms with E-state index in [0.717, 1.165) is 16.7 Å². The molecule has 5 rings (SSSR count). The molecule has 1 fully saturated rings. The van der Waals surface area contributed by atoms with Crippen molar-refractivity contribution in [2.45, 2.75) is 38.7 Å². The molecular formula is C34H36N2O6S. The maximum atomic E-state index is 13.5. The molecule has 1 saturated heterocycles. The van der Waals surface area contributed by atoms with Gasteiger partial charge in [0.2, 0.25) is 5.75 Å². The summed E-state index contributed by atoms with van der Waals surface area (Å²) in [6.45, 7) is 2.08. The fourth-order valence-corrected chi connectivity index (χ4v) is 5.53. The molecule has 0 spiro atoms. The Morgan fingerprint density at radius 2 is 1.14 bits per heavy atom. The molecule has 1 amide bonds. The van der Waals surface area contributed by atoms with E-state index in [1.165, 1.54) is 0 Å². The third-order valence-corrected chi connectivity index (χ3v) is 7.85. The molecule has 8 nitrogen and oxygen atoms in total. The van der Waals surface area contributed by atoms with E-state index < -0.39 is 10.7 Å². The average Bonchev–Trinajstić information content (AvgIpc) is 3.04. The normalized spacial score (nSPS) is 13.9. The number of rotatable bonds is 13. The average molecular weight is 601 g/mol. The lowest BCUT2D eigenvalue weighted by molar-refractivity contribution is 0.0914. The van der Waals surface area contributed by atoms with Crippen LogP contribution in [0.25, 0.3) is 0 Å². The van der Waals surface area contributed by atoms with Crippen LogP contribution in [0.5, 0.6) is 17.2 Å². The molecule has 43 heavy (non-hydrogen) atoms. The summed E-state index contributed by atoms with van der Waals surface area (Å²) >= 11 is 0. The first kappa shape index (κ1) is 30.1. The monoisotopic (exact) mass is 600 g/mol. The Labute approximate surface area is 254 Å². The van der Waals surface area contributed by atoms with E-state index in [1.54, 1.807) is 12.1 Å². The highest BCUT2D eigenvalue weighted by Crippen LogP contribution is 2.40. The van der Waals surface area contributed by atoms with Crippen molar-refractivity contribution in [3.05, 3.63) is 125 Å². The van der Waals surface area contributed by atoms with E-state index in [1.807, 2.05) is 95.9 Å². The lowest BCUT2D eigenvalue weighted by Gasteiger charge is -2.31. The zero-order valence-corrected chi connectivity index (χ0v) is 24.8. The van der Waals surface area contributed by atoms with E-state index in [0.29, 0.717) is 55.4 Å². The predicted octanol–water partition coefficient (Wildman–Crippen LogP) is 5.19. The summed E-state index contributed by atoms with van der Waals surface area (Å²) < 4.78 is 41.1. The molecule has 0 aromatic heterocycles. The number of carbonyl (C=O) groups excluding carboxylic acids is 1. The van der Waals surface area contributed by atoms with Crippen LogP contribution in [0.3, 0.4) is 0 Å². The molecule has 0 unspecified atom stereocenters. The first-order valence-corrected chi connectivity index (χ1v) is 15.7. The first-order chi connectivity index (χ1) is 21.0. The topological polar surface area (TPSA) is 94.2 Å². The van der Waals surface area contributed by atoms with E-state index in [9.17, 15) is 13.2 Å². The van der Waals surface area contributed by atoms with E-state index in [4.69, 9.17) is 14.2 Å². The van der Waals surface area contributed by atoms with Crippen molar-refractivity contribution in [2.75, 3.05) is 19.0 Å². The van der Waals surface area contributed by atoms with Gasteiger partial charge in [-0.15, -0.1) is 0 Å². The number of hydrogen-bond acceptors (Lipinski definition) is 7. The van der Waals surface area contributed by atoms with Crippen LogP contribution in [0.1, 0.15) is 39.9 Å². The van der Waals surface area contributed by atoms with Crippen molar-refractivity contribution < 1.29 is 27.4 Å². The molecule has 1 N–H and O–H groups in total. The van der Waals surface area contributed by atoms with Gasteiger partial charge in [0.05, 0.1) is 5.88 Å². The summed E-state index contributed by atoms with van der Waals surface area (Å²) in [5, 5.41) is 3.12. The second kappa shape index (κ2) is 15.2. The number of carbonyl (C=O) groups is 1. The van der Waals surface area contributed by atoms with Gasteiger partial charge in [0, 0.05) is 24.7 Å². The molecule has 0 saturated carbocycles. The first-order valence-electron chi connectivity index (χ1n) is 14.4. The Kier molecular flexibility index (Phi) is 10.7. The molecule has 1 heterocycles. The van der Waals surface area contributed by atoms with Crippen LogP contribution in [0, 0.1) is 0 Å². The molecule has 0 radical (unpaired) electrons. The lowest BCUT2D eigenvalue weighted by atomic mass is 10.0. The number of nitrogens with zero attached hydrogens (tertiary/aromatic N) is 1. The molecule has 0 atom stereocenters. The number of nitrogens with one attached hydrogen (secondary N) is 1. The van der Waals surface area contributed by atoms with Gasteiger partial charge in [-0.05, 0) is 41.7 Å². The number of likely N-dealkylation sites (tertiary alicyclic amines) is 1. The summed E-state index contributed by atoms with van der Waals surface area (Å²) in [6, 6.07) is 32.8. The molecule has 1 aliphatic rings. The van der Waals surface area contributed by atoms with Crippen molar-refractivity contribution in [3.8, 4) is 17.2 Å². The fraction of sp³-hybridized carbons (Fsp3) is 0.265. The lowest BCUT2D eigenvalue weighted by Crippen LogP contribution is -2.45. The van der Waals surface area contributed by atoms with Crippen molar-refractivity contribution >= 4 is 16.6 Å². The van der Waals surface area contributed by atoms with E-state index in [-0.39, 0.29) is 31.0 Å². The third kappa shape index (κ3) is 9.07. The summed E-state index contributed by atoms with van der Waals surface area (Å²) in [5.74, 6) is 1.03. The van der Waals surface area contributed by atoms with Gasteiger partial charge >= 0.3 is 0 Å². The standard InChI is InChI=1S/C34H36N2O6S/c37-34(35-30-16-18-36(19-17-30)25-43(38)39)29-20-31(40-22-26-10-4-1-5-11-26)33(42-24-28-14-8-3-9-15-28)32(21-29)41-23-27-12-6-2-7-13-27/h1-15,20-21,30,43H,16-19,22-25H2,(H,35,37). The van der Waals surface area contributed by atoms with Gasteiger partial charge in [-0.1, -0.05) is 91.0 Å². The van der Waals surface area contributed by atoms with Crippen molar-refractivity contribution in [2.24, 2.45) is 0 Å². The molecule has 0 aliphatic carbocycles. The van der Waals surface area contributed by atoms with Crippen molar-refractivity contribution in [3.63, 3.8) is 0 Å². The quantitative estimate of drug-likeness (QED) is 0.204. The van der Waals surface area contributed by atoms with Gasteiger partial charge in [-0.3, -0.25) is 9.69 Å². The van der Waals surface area contributed by atoms with Crippen LogP contribution in [0.4, 0.5) is 0 Å². The Bertz CT molecular complexity index is 1470. The Balaban J connectivity index is 1.41. The highest BCUT2D eigenvalue weighted by Gasteiger charge is 2.24. The third-order valence-electron chi connectivity index (χ3n) is 7.22. The zero-order valence-electron chi connectivity index (χ0n) is 23.9. The number of ether oxygens (including phenoxy) is 3. The van der Waals surface area contributed by atoms with E-state index in [2.05, 4.69) is 5.32 Å². The van der Waals surface area contributed by atoms with Crippen LogP contribution < -0.4 is 19.5 Å². The van der Waals surface area contributed by atoms with Crippen molar-refractivity contribution in [1.29, 1.82) is 0 Å². The minimum atomic E-state index is -2.46. The van der Waals surface area contributed by atoms with Crippen LogP contribution >= 0.6 is 0 Å². The molecule has 4 aromatic rings. The number of amides is 1. The number of hydrogen-bond donors (Lipinski definition) is 2. The maximum Gasteiger partial charge on any atom is 0.251 e. The molecule has 1 aliphatic heterocycles.